The molecule has 1 heterocycles. The van der Waals surface area contributed by atoms with E-state index in [4.69, 9.17) is 9.47 Å². The zero-order chi connectivity index (χ0) is 26.1. The van der Waals surface area contributed by atoms with Gasteiger partial charge in [0.25, 0.3) is 5.56 Å². The standard InChI is InChI=1S/C27H23F2N3O4/c1-17-9-7-8-12-26(17,2)36-21-14-20(22(35-3)13-18(21)16-30)32-24(33)15-23(31-25(32)34)27(28,29)19-10-5-4-6-11-19/h4-11,13-15H,12H2,1-3H3,(H,31,34). The van der Waals surface area contributed by atoms with Crippen LogP contribution >= 0.6 is 0 Å². The Kier molecular flexibility index (Phi) is 6.37. The average Bonchev–Trinajstić information content (AvgIpc) is 2.86. The van der Waals surface area contributed by atoms with Gasteiger partial charge < -0.3 is 14.5 Å². The van der Waals surface area contributed by atoms with E-state index >= 15 is 8.78 Å². The number of allylic oxidation sites excluding steroid dienone is 2. The number of nitrogens with one attached hydrogen (secondary N) is 1. The molecule has 9 heteroatoms. The van der Waals surface area contributed by atoms with Gasteiger partial charge in [0.15, 0.2) is 0 Å². The summed E-state index contributed by atoms with van der Waals surface area (Å²) in [6.45, 7) is 3.74. The first-order valence-electron chi connectivity index (χ1n) is 11.1. The molecule has 4 rings (SSSR count). The van der Waals surface area contributed by atoms with E-state index in [0.29, 0.717) is 17.1 Å². The lowest BCUT2D eigenvalue weighted by Gasteiger charge is -2.33. The highest BCUT2D eigenvalue weighted by atomic mass is 19.3. The molecule has 7 nitrogen and oxygen atoms in total. The van der Waals surface area contributed by atoms with Crippen LogP contribution in [0.25, 0.3) is 5.69 Å². The quantitative estimate of drug-likeness (QED) is 0.544. The van der Waals surface area contributed by atoms with Gasteiger partial charge in [0.1, 0.15) is 23.2 Å². The summed E-state index contributed by atoms with van der Waals surface area (Å²) in [5, 5.41) is 9.69. The fourth-order valence-electron chi connectivity index (χ4n) is 3.96. The lowest BCUT2D eigenvalue weighted by Crippen LogP contribution is -2.37. The molecule has 0 amide bonds. The van der Waals surface area contributed by atoms with Gasteiger partial charge in [-0.1, -0.05) is 48.6 Å². The first-order valence-corrected chi connectivity index (χ1v) is 11.1. The van der Waals surface area contributed by atoms with Crippen molar-refractivity contribution in [2.75, 3.05) is 7.11 Å². The van der Waals surface area contributed by atoms with Gasteiger partial charge in [-0.3, -0.25) is 4.79 Å². The van der Waals surface area contributed by atoms with Crippen LogP contribution in [0.15, 0.2) is 81.9 Å². The third-order valence-corrected chi connectivity index (χ3v) is 6.21. The normalized spacial score (nSPS) is 17.3. The molecule has 0 saturated carbocycles. The van der Waals surface area contributed by atoms with E-state index in [-0.39, 0.29) is 28.3 Å². The van der Waals surface area contributed by atoms with Crippen LogP contribution in [0.3, 0.4) is 0 Å². The Morgan fingerprint density at radius 2 is 1.86 bits per heavy atom. The van der Waals surface area contributed by atoms with Gasteiger partial charge in [-0.05, 0) is 19.4 Å². The topological polar surface area (TPSA) is 97.1 Å². The van der Waals surface area contributed by atoms with Crippen molar-refractivity contribution in [3.05, 3.63) is 110 Å². The summed E-state index contributed by atoms with van der Waals surface area (Å²) in [6.07, 6.45) is 6.24. The zero-order valence-electron chi connectivity index (χ0n) is 19.8. The van der Waals surface area contributed by atoms with Crippen molar-refractivity contribution in [2.45, 2.75) is 31.8 Å². The highest BCUT2D eigenvalue weighted by molar-refractivity contribution is 5.59. The minimum atomic E-state index is -3.60. The van der Waals surface area contributed by atoms with E-state index in [9.17, 15) is 14.9 Å². The maximum Gasteiger partial charge on any atom is 0.333 e. The van der Waals surface area contributed by atoms with Gasteiger partial charge in [0.05, 0.1) is 24.1 Å². The van der Waals surface area contributed by atoms with Crippen molar-refractivity contribution in [2.24, 2.45) is 0 Å². The molecule has 1 aliphatic rings. The second-order valence-corrected chi connectivity index (χ2v) is 8.55. The summed E-state index contributed by atoms with van der Waals surface area (Å²) in [6, 6.07) is 12.2. The third-order valence-electron chi connectivity index (χ3n) is 6.21. The Morgan fingerprint density at radius 3 is 2.47 bits per heavy atom. The fraction of sp³-hybridized carbons (Fsp3) is 0.222. The average molecular weight is 491 g/mol. The van der Waals surface area contributed by atoms with E-state index in [1.165, 1.54) is 43.5 Å². The number of nitrogens with zero attached hydrogens (tertiary/aromatic N) is 2. The van der Waals surface area contributed by atoms with Crippen LogP contribution in [0.5, 0.6) is 11.5 Å². The van der Waals surface area contributed by atoms with Crippen molar-refractivity contribution < 1.29 is 18.3 Å². The number of rotatable bonds is 6. The SMILES string of the molecule is COc1cc(C#N)c(OC2(C)CC=CC=C2C)cc1-n1c(=O)cc(C(F)(F)c2ccccc2)[nH]c1=O. The minimum absolute atomic E-state index is 0.0232. The Bertz CT molecular complexity index is 1500. The maximum atomic E-state index is 15.0. The molecule has 0 bridgehead atoms. The second-order valence-electron chi connectivity index (χ2n) is 8.55. The van der Waals surface area contributed by atoms with Gasteiger partial charge in [0.2, 0.25) is 0 Å². The monoisotopic (exact) mass is 491 g/mol. The first-order chi connectivity index (χ1) is 17.1. The molecule has 2 aromatic carbocycles. The molecule has 0 radical (unpaired) electrons. The number of alkyl halides is 2. The van der Waals surface area contributed by atoms with E-state index in [2.05, 4.69) is 4.98 Å². The van der Waals surface area contributed by atoms with Crippen molar-refractivity contribution in [3.8, 4) is 23.3 Å². The summed E-state index contributed by atoms with van der Waals surface area (Å²) < 4.78 is 42.2. The summed E-state index contributed by atoms with van der Waals surface area (Å²) in [5.41, 5.74) is -3.10. The predicted octanol–water partition coefficient (Wildman–Crippen LogP) is 4.59. The molecule has 0 fully saturated rings. The van der Waals surface area contributed by atoms with Crippen LogP contribution in [0.4, 0.5) is 8.78 Å². The summed E-state index contributed by atoms with van der Waals surface area (Å²) >= 11 is 0. The molecule has 1 atom stereocenters. The van der Waals surface area contributed by atoms with Crippen LogP contribution < -0.4 is 20.7 Å². The van der Waals surface area contributed by atoms with E-state index < -0.39 is 28.5 Å². The number of benzene rings is 2. The van der Waals surface area contributed by atoms with E-state index in [0.717, 1.165) is 5.57 Å². The largest absolute Gasteiger partial charge is 0.495 e. The van der Waals surface area contributed by atoms with Gasteiger partial charge in [-0.2, -0.15) is 14.0 Å². The molecule has 0 aliphatic heterocycles. The number of nitriles is 1. The molecule has 36 heavy (non-hydrogen) atoms. The zero-order valence-corrected chi connectivity index (χ0v) is 19.8. The summed E-state index contributed by atoms with van der Waals surface area (Å²) in [5.74, 6) is -3.46. The van der Waals surface area contributed by atoms with Crippen molar-refractivity contribution in [1.29, 1.82) is 5.26 Å². The molecular formula is C27H23F2N3O4. The van der Waals surface area contributed by atoms with Crippen LogP contribution in [-0.4, -0.2) is 22.3 Å². The van der Waals surface area contributed by atoms with Crippen molar-refractivity contribution >= 4 is 0 Å². The number of halogens is 2. The molecular weight excluding hydrogens is 468 g/mol. The van der Waals surface area contributed by atoms with Crippen LogP contribution in [0, 0.1) is 11.3 Å². The minimum Gasteiger partial charge on any atom is -0.495 e. The third kappa shape index (κ3) is 4.33. The first kappa shape index (κ1) is 24.7. The highest BCUT2D eigenvalue weighted by Crippen LogP contribution is 2.37. The van der Waals surface area contributed by atoms with Gasteiger partial charge in [-0.15, -0.1) is 0 Å². The number of ether oxygens (including phenoxy) is 2. The summed E-state index contributed by atoms with van der Waals surface area (Å²) in [7, 11) is 1.30. The summed E-state index contributed by atoms with van der Waals surface area (Å²) in [4.78, 5) is 28.1. The maximum absolute atomic E-state index is 15.0. The van der Waals surface area contributed by atoms with Gasteiger partial charge in [-0.25, -0.2) is 9.36 Å². The lowest BCUT2D eigenvalue weighted by atomic mass is 9.89. The molecule has 1 N–H and O–H groups in total. The molecule has 1 aliphatic carbocycles. The van der Waals surface area contributed by atoms with Gasteiger partial charge >= 0.3 is 11.6 Å². The smallest absolute Gasteiger partial charge is 0.333 e. The number of aromatic nitrogens is 2. The number of aromatic amines is 1. The molecule has 1 aromatic heterocycles. The Balaban J connectivity index is 1.85. The lowest BCUT2D eigenvalue weighted by molar-refractivity contribution is 0.0373. The fourth-order valence-corrected chi connectivity index (χ4v) is 3.96. The second kappa shape index (κ2) is 9.30. The van der Waals surface area contributed by atoms with Crippen molar-refractivity contribution in [1.82, 2.24) is 9.55 Å². The molecule has 3 aromatic rings. The Morgan fingerprint density at radius 1 is 1.14 bits per heavy atom. The molecule has 0 spiro atoms. The van der Waals surface area contributed by atoms with Gasteiger partial charge in [0, 0.05) is 30.2 Å². The Hall–Kier alpha value is -4.45. The van der Waals surface area contributed by atoms with E-state index in [1.54, 1.807) is 6.07 Å². The highest BCUT2D eigenvalue weighted by Gasteiger charge is 2.36. The number of hydrogen-bond acceptors (Lipinski definition) is 5. The number of hydrogen-bond donors (Lipinski definition) is 1. The molecule has 0 saturated heterocycles. The Labute approximate surface area is 205 Å². The number of H-pyrrole nitrogens is 1. The van der Waals surface area contributed by atoms with Crippen molar-refractivity contribution in [3.63, 3.8) is 0 Å². The predicted molar refractivity (Wildman–Crippen MR) is 130 cm³/mol. The van der Waals surface area contributed by atoms with Crippen LogP contribution in [0.1, 0.15) is 37.1 Å². The molecule has 1 unspecified atom stereocenters. The number of methoxy groups -OCH3 is 1. The van der Waals surface area contributed by atoms with Crippen LogP contribution in [0.2, 0.25) is 0 Å². The molecule has 184 valence electrons. The van der Waals surface area contributed by atoms with Crippen LogP contribution in [-0.2, 0) is 5.92 Å². The van der Waals surface area contributed by atoms with E-state index in [1.807, 2.05) is 38.1 Å².